The fourth-order valence-electron chi connectivity index (χ4n) is 2.79. The highest BCUT2D eigenvalue weighted by atomic mass is 32.2. The summed E-state index contributed by atoms with van der Waals surface area (Å²) in [5.74, 6) is 1.99. The summed E-state index contributed by atoms with van der Waals surface area (Å²) >= 11 is 4.77. The number of rotatable bonds is 9. The number of benzene rings is 2. The van der Waals surface area contributed by atoms with Crippen LogP contribution in [-0.4, -0.2) is 39.7 Å². The third-order valence-corrected chi connectivity index (χ3v) is 8.17. The maximum atomic E-state index is 11.1. The van der Waals surface area contributed by atoms with E-state index in [1.807, 2.05) is 53.1 Å². The molecule has 2 N–H and O–H groups in total. The van der Waals surface area contributed by atoms with Gasteiger partial charge in [-0.05, 0) is 30.7 Å². The molecule has 30 heavy (non-hydrogen) atoms. The van der Waals surface area contributed by atoms with Gasteiger partial charge in [0.2, 0.25) is 10.0 Å². The molecule has 0 amide bonds. The highest BCUT2D eigenvalue weighted by Gasteiger charge is 2.16. The number of nitrogens with zero attached hydrogens (tertiary/aromatic N) is 4. The van der Waals surface area contributed by atoms with Gasteiger partial charge in [-0.3, -0.25) is 4.57 Å². The number of primary sulfonamides is 1. The second-order valence-corrected chi connectivity index (χ2v) is 11.4. The first kappa shape index (κ1) is 21.3. The first-order chi connectivity index (χ1) is 14.5. The minimum absolute atomic E-state index is 0.0419. The SMILES string of the molecule is NS(=O)(=O)CCCSc1nnc(CSc2nc3ccccc3s2)n1-c1ccccc1. The van der Waals surface area contributed by atoms with Crippen molar-refractivity contribution in [3.05, 3.63) is 60.4 Å². The lowest BCUT2D eigenvalue weighted by Crippen LogP contribution is -2.16. The molecule has 0 fully saturated rings. The number of hydrogen-bond acceptors (Lipinski definition) is 8. The molecule has 0 atom stereocenters. The predicted octanol–water partition coefficient (Wildman–Crippen LogP) is 3.94. The zero-order valence-corrected chi connectivity index (χ0v) is 19.1. The second kappa shape index (κ2) is 9.48. The van der Waals surface area contributed by atoms with Gasteiger partial charge in [-0.25, -0.2) is 18.5 Å². The van der Waals surface area contributed by atoms with Crippen molar-refractivity contribution in [1.29, 1.82) is 0 Å². The number of para-hydroxylation sites is 2. The smallest absolute Gasteiger partial charge is 0.209 e. The van der Waals surface area contributed by atoms with Crippen molar-refractivity contribution in [1.82, 2.24) is 19.7 Å². The van der Waals surface area contributed by atoms with E-state index in [0.29, 0.717) is 17.9 Å². The highest BCUT2D eigenvalue weighted by Crippen LogP contribution is 2.32. The third kappa shape index (κ3) is 5.41. The Morgan fingerprint density at radius 1 is 1.00 bits per heavy atom. The van der Waals surface area contributed by atoms with Gasteiger partial charge in [0.05, 0.1) is 21.7 Å². The molecule has 2 aromatic carbocycles. The molecular formula is C19H19N5O2S4. The molecule has 156 valence electrons. The Bertz CT molecular complexity index is 1210. The predicted molar refractivity (Wildman–Crippen MR) is 124 cm³/mol. The van der Waals surface area contributed by atoms with Crippen LogP contribution in [0.15, 0.2) is 64.1 Å². The van der Waals surface area contributed by atoms with Gasteiger partial charge in [0.15, 0.2) is 9.50 Å². The molecule has 2 aromatic heterocycles. The summed E-state index contributed by atoms with van der Waals surface area (Å²) in [4.78, 5) is 4.67. The van der Waals surface area contributed by atoms with Crippen LogP contribution in [0.25, 0.3) is 15.9 Å². The van der Waals surface area contributed by atoms with E-state index < -0.39 is 10.0 Å². The summed E-state index contributed by atoms with van der Waals surface area (Å²) in [6.45, 7) is 0. The van der Waals surface area contributed by atoms with Crippen molar-refractivity contribution in [3.63, 3.8) is 0 Å². The van der Waals surface area contributed by atoms with Gasteiger partial charge in [0, 0.05) is 11.4 Å². The van der Waals surface area contributed by atoms with E-state index in [0.717, 1.165) is 31.2 Å². The molecule has 0 radical (unpaired) electrons. The summed E-state index contributed by atoms with van der Waals surface area (Å²) < 4.78 is 26.5. The van der Waals surface area contributed by atoms with Gasteiger partial charge < -0.3 is 0 Å². The van der Waals surface area contributed by atoms with Crippen molar-refractivity contribution < 1.29 is 8.42 Å². The molecule has 0 unspecified atom stereocenters. The van der Waals surface area contributed by atoms with E-state index in [1.165, 1.54) is 11.8 Å². The summed E-state index contributed by atoms with van der Waals surface area (Å²) in [7, 11) is -3.45. The largest absolute Gasteiger partial charge is 0.273 e. The standard InChI is InChI=1S/C19H19N5O2S4/c20-30(25,26)12-6-11-27-18-23-22-17(24(18)14-7-2-1-3-8-14)13-28-19-21-15-9-4-5-10-16(15)29-19/h1-5,7-10H,6,11-13H2,(H2,20,25,26). The van der Waals surface area contributed by atoms with Gasteiger partial charge in [-0.2, -0.15) is 0 Å². The Morgan fingerprint density at radius 3 is 2.53 bits per heavy atom. The molecular weight excluding hydrogens is 459 g/mol. The third-order valence-electron chi connectivity index (χ3n) is 4.12. The van der Waals surface area contributed by atoms with Crippen LogP contribution in [0.5, 0.6) is 0 Å². The van der Waals surface area contributed by atoms with Gasteiger partial charge in [0.25, 0.3) is 0 Å². The summed E-state index contributed by atoms with van der Waals surface area (Å²) in [5.41, 5.74) is 1.97. The average molecular weight is 478 g/mol. The van der Waals surface area contributed by atoms with Gasteiger partial charge in [-0.1, -0.05) is 53.9 Å². The van der Waals surface area contributed by atoms with E-state index in [9.17, 15) is 8.42 Å². The molecule has 0 aliphatic rings. The van der Waals surface area contributed by atoms with Gasteiger partial charge in [0.1, 0.15) is 5.82 Å². The Hall–Kier alpha value is -1.92. The average Bonchev–Trinajstić information content (AvgIpc) is 3.33. The topological polar surface area (TPSA) is 104 Å². The zero-order chi connectivity index (χ0) is 21.0. The Morgan fingerprint density at radius 2 is 1.77 bits per heavy atom. The molecule has 7 nitrogen and oxygen atoms in total. The molecule has 4 rings (SSSR count). The molecule has 0 saturated carbocycles. The van der Waals surface area contributed by atoms with Crippen LogP contribution < -0.4 is 5.14 Å². The van der Waals surface area contributed by atoms with Crippen molar-refractivity contribution in [2.45, 2.75) is 21.7 Å². The number of nitrogens with two attached hydrogens (primary N) is 1. The monoisotopic (exact) mass is 477 g/mol. The number of thioether (sulfide) groups is 2. The summed E-state index contributed by atoms with van der Waals surface area (Å²) in [5, 5.41) is 14.6. The van der Waals surface area contributed by atoms with E-state index in [4.69, 9.17) is 5.14 Å². The maximum absolute atomic E-state index is 11.1. The van der Waals surface area contributed by atoms with Crippen LogP contribution in [0.1, 0.15) is 12.2 Å². The first-order valence-electron chi connectivity index (χ1n) is 9.11. The molecule has 4 aromatic rings. The Balaban J connectivity index is 1.52. The molecule has 11 heteroatoms. The lowest BCUT2D eigenvalue weighted by atomic mass is 10.3. The van der Waals surface area contributed by atoms with Crippen LogP contribution in [0.4, 0.5) is 0 Å². The Labute approximate surface area is 187 Å². The van der Waals surface area contributed by atoms with Crippen LogP contribution in [-0.2, 0) is 15.8 Å². The molecule has 0 spiro atoms. The van der Waals surface area contributed by atoms with E-state index in [2.05, 4.69) is 21.2 Å². The molecule has 0 aliphatic heterocycles. The lowest BCUT2D eigenvalue weighted by molar-refractivity contribution is 0.596. The number of thiazole rings is 1. The number of sulfonamides is 1. The van der Waals surface area contributed by atoms with Crippen molar-refractivity contribution in [2.24, 2.45) is 5.14 Å². The zero-order valence-electron chi connectivity index (χ0n) is 15.8. The molecule has 2 heterocycles. The number of hydrogen-bond donors (Lipinski definition) is 1. The van der Waals surface area contributed by atoms with E-state index >= 15 is 0 Å². The fraction of sp³-hybridized carbons (Fsp3) is 0.211. The van der Waals surface area contributed by atoms with Crippen LogP contribution >= 0.6 is 34.9 Å². The van der Waals surface area contributed by atoms with Gasteiger partial charge in [-0.15, -0.1) is 21.5 Å². The normalized spacial score (nSPS) is 11.9. The highest BCUT2D eigenvalue weighted by molar-refractivity contribution is 8.00. The Kier molecular flexibility index (Phi) is 6.74. The molecule has 0 bridgehead atoms. The van der Waals surface area contributed by atoms with E-state index in [-0.39, 0.29) is 5.75 Å². The minimum atomic E-state index is -3.45. The van der Waals surface area contributed by atoms with Crippen molar-refractivity contribution >= 4 is 55.1 Å². The summed E-state index contributed by atoms with van der Waals surface area (Å²) in [6.07, 6.45) is 0.459. The van der Waals surface area contributed by atoms with Crippen LogP contribution in [0.3, 0.4) is 0 Å². The summed E-state index contributed by atoms with van der Waals surface area (Å²) in [6, 6.07) is 18.0. The van der Waals surface area contributed by atoms with Crippen LogP contribution in [0, 0.1) is 0 Å². The number of aromatic nitrogens is 4. The minimum Gasteiger partial charge on any atom is -0.273 e. The van der Waals surface area contributed by atoms with Crippen LogP contribution in [0.2, 0.25) is 0 Å². The van der Waals surface area contributed by atoms with Crippen molar-refractivity contribution in [3.8, 4) is 5.69 Å². The maximum Gasteiger partial charge on any atom is 0.209 e. The van der Waals surface area contributed by atoms with E-state index in [1.54, 1.807) is 23.1 Å². The molecule has 0 saturated heterocycles. The lowest BCUT2D eigenvalue weighted by Gasteiger charge is -2.09. The quantitative estimate of drug-likeness (QED) is 0.288. The first-order valence-corrected chi connectivity index (χ1v) is 13.6. The fourth-order valence-corrected chi connectivity index (χ4v) is 6.41. The number of fused-ring (bicyclic) bond motifs is 1. The second-order valence-electron chi connectivity index (χ2n) is 6.37. The van der Waals surface area contributed by atoms with Gasteiger partial charge >= 0.3 is 0 Å². The van der Waals surface area contributed by atoms with Crippen molar-refractivity contribution in [2.75, 3.05) is 11.5 Å². The molecule has 0 aliphatic carbocycles.